The molecule has 20 heavy (non-hydrogen) atoms. The highest BCUT2D eigenvalue weighted by molar-refractivity contribution is 5.79. The molecular weight excluding hydrogens is 250 g/mol. The van der Waals surface area contributed by atoms with Crippen LogP contribution < -0.4 is 5.73 Å². The van der Waals surface area contributed by atoms with Crippen LogP contribution in [0, 0.1) is 6.92 Å². The van der Waals surface area contributed by atoms with Crippen molar-refractivity contribution in [2.45, 2.75) is 19.9 Å². The van der Waals surface area contributed by atoms with Crippen LogP contribution >= 0.6 is 0 Å². The summed E-state index contributed by atoms with van der Waals surface area (Å²) in [5.74, 6) is 0.680. The van der Waals surface area contributed by atoms with Gasteiger partial charge in [0.2, 0.25) is 0 Å². The average Bonchev–Trinajstić information content (AvgIpc) is 2.46. The SMILES string of the molecule is Cc1nc(-c2ccc3nccnc3c2)ncc1[C@@H](C)N. The van der Waals surface area contributed by atoms with E-state index < -0.39 is 0 Å². The summed E-state index contributed by atoms with van der Waals surface area (Å²) >= 11 is 0. The summed E-state index contributed by atoms with van der Waals surface area (Å²) in [7, 11) is 0. The van der Waals surface area contributed by atoms with E-state index >= 15 is 0 Å². The van der Waals surface area contributed by atoms with Crippen LogP contribution in [0.25, 0.3) is 22.4 Å². The van der Waals surface area contributed by atoms with Crippen LogP contribution in [0.2, 0.25) is 0 Å². The smallest absolute Gasteiger partial charge is 0.159 e. The molecule has 2 N–H and O–H groups in total. The number of aromatic nitrogens is 4. The van der Waals surface area contributed by atoms with Crippen LogP contribution in [0.1, 0.15) is 24.2 Å². The van der Waals surface area contributed by atoms with Crippen LogP contribution in [0.4, 0.5) is 0 Å². The molecule has 2 aromatic heterocycles. The van der Waals surface area contributed by atoms with Gasteiger partial charge in [-0.2, -0.15) is 0 Å². The van der Waals surface area contributed by atoms with Gasteiger partial charge in [0.05, 0.1) is 11.0 Å². The van der Waals surface area contributed by atoms with E-state index in [2.05, 4.69) is 19.9 Å². The maximum absolute atomic E-state index is 5.88. The lowest BCUT2D eigenvalue weighted by atomic mass is 10.1. The second-order valence-electron chi connectivity index (χ2n) is 4.78. The van der Waals surface area contributed by atoms with E-state index in [1.54, 1.807) is 18.6 Å². The van der Waals surface area contributed by atoms with Crippen LogP contribution in [0.15, 0.2) is 36.8 Å². The molecule has 0 spiro atoms. The van der Waals surface area contributed by atoms with E-state index in [4.69, 9.17) is 5.73 Å². The highest BCUT2D eigenvalue weighted by Gasteiger charge is 2.09. The molecule has 1 aromatic carbocycles. The summed E-state index contributed by atoms with van der Waals surface area (Å²) < 4.78 is 0. The third-order valence-electron chi connectivity index (χ3n) is 3.24. The van der Waals surface area contributed by atoms with Gasteiger partial charge in [-0.25, -0.2) is 9.97 Å². The van der Waals surface area contributed by atoms with Crippen molar-refractivity contribution in [3.05, 3.63) is 48.0 Å². The number of nitrogens with two attached hydrogens (primary N) is 1. The second kappa shape index (κ2) is 4.94. The maximum atomic E-state index is 5.88. The Morgan fingerprint density at radius 2 is 1.80 bits per heavy atom. The van der Waals surface area contributed by atoms with Crippen molar-refractivity contribution in [1.82, 2.24) is 19.9 Å². The number of hydrogen-bond acceptors (Lipinski definition) is 5. The lowest BCUT2D eigenvalue weighted by Gasteiger charge is -2.10. The van der Waals surface area contributed by atoms with Crippen LogP contribution in [-0.4, -0.2) is 19.9 Å². The molecule has 0 saturated heterocycles. The van der Waals surface area contributed by atoms with Gasteiger partial charge >= 0.3 is 0 Å². The largest absolute Gasteiger partial charge is 0.324 e. The first kappa shape index (κ1) is 12.6. The second-order valence-corrected chi connectivity index (χ2v) is 4.78. The van der Waals surface area contributed by atoms with Crippen molar-refractivity contribution in [1.29, 1.82) is 0 Å². The molecule has 0 radical (unpaired) electrons. The minimum atomic E-state index is -0.0634. The van der Waals surface area contributed by atoms with E-state index in [1.165, 1.54) is 0 Å². The third kappa shape index (κ3) is 2.23. The minimum absolute atomic E-state index is 0.0634. The zero-order valence-electron chi connectivity index (χ0n) is 11.4. The monoisotopic (exact) mass is 265 g/mol. The number of rotatable bonds is 2. The fraction of sp³-hybridized carbons (Fsp3) is 0.200. The van der Waals surface area contributed by atoms with Gasteiger partial charge < -0.3 is 5.73 Å². The molecule has 0 amide bonds. The Morgan fingerprint density at radius 1 is 1.05 bits per heavy atom. The van der Waals surface area contributed by atoms with Crippen molar-refractivity contribution in [2.24, 2.45) is 5.73 Å². The molecule has 5 heteroatoms. The van der Waals surface area contributed by atoms with Crippen LogP contribution in [-0.2, 0) is 0 Å². The molecule has 0 fully saturated rings. The summed E-state index contributed by atoms with van der Waals surface area (Å²) in [6.07, 6.45) is 5.15. The van der Waals surface area contributed by atoms with Crippen LogP contribution in [0.5, 0.6) is 0 Å². The molecule has 100 valence electrons. The van der Waals surface area contributed by atoms with E-state index in [0.717, 1.165) is 27.9 Å². The van der Waals surface area contributed by atoms with Gasteiger partial charge in [-0.15, -0.1) is 0 Å². The van der Waals surface area contributed by atoms with Crippen molar-refractivity contribution in [3.8, 4) is 11.4 Å². The van der Waals surface area contributed by atoms with E-state index in [0.29, 0.717) is 5.82 Å². The highest BCUT2D eigenvalue weighted by Crippen LogP contribution is 2.21. The van der Waals surface area contributed by atoms with Gasteiger partial charge in [0, 0.05) is 41.5 Å². The zero-order valence-corrected chi connectivity index (χ0v) is 11.4. The summed E-state index contributed by atoms with van der Waals surface area (Å²) in [5.41, 5.74) is 10.4. The lowest BCUT2D eigenvalue weighted by Crippen LogP contribution is -2.09. The Kier molecular flexibility index (Phi) is 3.12. The number of fused-ring (bicyclic) bond motifs is 1. The average molecular weight is 265 g/mol. The standard InChI is InChI=1S/C15H15N5/c1-9(16)12-8-19-15(20-10(12)2)11-3-4-13-14(7-11)18-6-5-17-13/h3-9H,16H2,1-2H3/t9-/m1/s1. The predicted molar refractivity (Wildman–Crippen MR) is 77.9 cm³/mol. The molecule has 0 bridgehead atoms. The Balaban J connectivity index is 2.08. The molecule has 0 saturated carbocycles. The molecule has 0 unspecified atom stereocenters. The van der Waals surface area contributed by atoms with E-state index in [-0.39, 0.29) is 6.04 Å². The fourth-order valence-corrected chi connectivity index (χ4v) is 2.16. The molecule has 3 aromatic rings. The van der Waals surface area contributed by atoms with Gasteiger partial charge in [0.25, 0.3) is 0 Å². The van der Waals surface area contributed by atoms with Crippen molar-refractivity contribution >= 4 is 11.0 Å². The molecule has 1 atom stereocenters. The molecule has 2 heterocycles. The fourth-order valence-electron chi connectivity index (χ4n) is 2.16. The van der Waals surface area contributed by atoms with Gasteiger partial charge in [0.1, 0.15) is 0 Å². The zero-order chi connectivity index (χ0) is 14.1. The topological polar surface area (TPSA) is 77.6 Å². The molecule has 3 rings (SSSR count). The van der Waals surface area contributed by atoms with E-state index in [1.807, 2.05) is 32.0 Å². The van der Waals surface area contributed by atoms with Gasteiger partial charge in [-0.3, -0.25) is 9.97 Å². The van der Waals surface area contributed by atoms with Crippen molar-refractivity contribution in [3.63, 3.8) is 0 Å². The molecule has 0 aliphatic rings. The number of aryl methyl sites for hydroxylation is 1. The number of benzene rings is 1. The first-order chi connectivity index (χ1) is 9.65. The van der Waals surface area contributed by atoms with Gasteiger partial charge in [-0.1, -0.05) is 0 Å². The Morgan fingerprint density at radius 3 is 2.50 bits per heavy atom. The maximum Gasteiger partial charge on any atom is 0.159 e. The van der Waals surface area contributed by atoms with Crippen molar-refractivity contribution in [2.75, 3.05) is 0 Å². The number of hydrogen-bond donors (Lipinski definition) is 1. The molecule has 0 aliphatic carbocycles. The summed E-state index contributed by atoms with van der Waals surface area (Å²) in [6, 6.07) is 5.77. The summed E-state index contributed by atoms with van der Waals surface area (Å²) in [4.78, 5) is 17.5. The first-order valence-corrected chi connectivity index (χ1v) is 6.45. The summed E-state index contributed by atoms with van der Waals surface area (Å²) in [5, 5.41) is 0. The Hall–Kier alpha value is -2.40. The first-order valence-electron chi connectivity index (χ1n) is 6.45. The normalized spacial score (nSPS) is 12.6. The highest BCUT2D eigenvalue weighted by atomic mass is 14.9. The Bertz CT molecular complexity index is 767. The minimum Gasteiger partial charge on any atom is -0.324 e. The van der Waals surface area contributed by atoms with Crippen LogP contribution in [0.3, 0.4) is 0 Å². The summed E-state index contributed by atoms with van der Waals surface area (Å²) in [6.45, 7) is 3.88. The van der Waals surface area contributed by atoms with E-state index in [9.17, 15) is 0 Å². The predicted octanol–water partition coefficient (Wildman–Crippen LogP) is 2.41. The van der Waals surface area contributed by atoms with Crippen molar-refractivity contribution < 1.29 is 0 Å². The lowest BCUT2D eigenvalue weighted by molar-refractivity contribution is 0.790. The quantitative estimate of drug-likeness (QED) is 0.770. The molecule has 5 nitrogen and oxygen atoms in total. The molecular formula is C15H15N5. The third-order valence-corrected chi connectivity index (χ3v) is 3.24. The van der Waals surface area contributed by atoms with Gasteiger partial charge in [-0.05, 0) is 32.0 Å². The Labute approximate surface area is 116 Å². The number of nitrogens with zero attached hydrogens (tertiary/aromatic N) is 4. The molecule has 0 aliphatic heterocycles. The van der Waals surface area contributed by atoms with Gasteiger partial charge in [0.15, 0.2) is 5.82 Å².